The van der Waals surface area contributed by atoms with E-state index in [4.69, 9.17) is 5.11 Å². The van der Waals surface area contributed by atoms with Crippen LogP contribution >= 0.6 is 0 Å². The summed E-state index contributed by atoms with van der Waals surface area (Å²) in [4.78, 5) is 22.0. The third-order valence-corrected chi connectivity index (χ3v) is 3.20. The number of benzene rings is 1. The van der Waals surface area contributed by atoms with E-state index in [-0.39, 0.29) is 11.7 Å². The predicted octanol–water partition coefficient (Wildman–Crippen LogP) is 2.11. The van der Waals surface area contributed by atoms with Crippen molar-refractivity contribution < 1.29 is 14.7 Å². The summed E-state index contributed by atoms with van der Waals surface area (Å²) in [6.45, 7) is 3.35. The normalized spacial score (nSPS) is 19.6. The summed E-state index contributed by atoms with van der Waals surface area (Å²) in [5, 5.41) is 9.07. The number of rotatable bonds is 3. The molecule has 1 aromatic rings. The number of carboxylic acids is 1. The van der Waals surface area contributed by atoms with E-state index in [1.807, 2.05) is 12.1 Å². The molecule has 1 saturated carbocycles. The lowest BCUT2D eigenvalue weighted by Gasteiger charge is -2.19. The smallest absolute Gasteiger partial charge is 0.313 e. The van der Waals surface area contributed by atoms with Crippen molar-refractivity contribution in [3.63, 3.8) is 0 Å². The molecule has 1 N–H and O–H groups in total. The number of hydrogen-bond donors (Lipinski definition) is 1. The van der Waals surface area contributed by atoms with Gasteiger partial charge in [-0.15, -0.1) is 0 Å². The fourth-order valence-corrected chi connectivity index (χ4v) is 1.70. The molecule has 1 unspecified atom stereocenters. The molecule has 1 aromatic carbocycles. The molecule has 0 amide bonds. The summed E-state index contributed by atoms with van der Waals surface area (Å²) in [5.74, 6) is -0.519. The first kappa shape index (κ1) is 10.9. The minimum Gasteiger partial charge on any atom is -0.481 e. The predicted molar refractivity (Wildman–Crippen MR) is 59.5 cm³/mol. The van der Waals surface area contributed by atoms with Gasteiger partial charge >= 0.3 is 5.97 Å². The fraction of sp³-hybridized carbons (Fsp3) is 0.385. The van der Waals surface area contributed by atoms with E-state index in [2.05, 4.69) is 0 Å². The summed E-state index contributed by atoms with van der Waals surface area (Å²) in [6, 6.07) is 7.31. The second kappa shape index (κ2) is 3.44. The summed E-state index contributed by atoms with van der Waals surface area (Å²) < 4.78 is 0. The van der Waals surface area contributed by atoms with Gasteiger partial charge < -0.3 is 5.11 Å². The third kappa shape index (κ3) is 1.73. The number of carbonyl (C=O) groups excluding carboxylic acids is 1. The number of ketones is 1. The standard InChI is InChI=1S/C13H14O3/c1-13(2,12(15)16)9-5-3-8(4-6-9)10-7-11(10)14/h3-6,10H,7H2,1-2H3,(H,15,16). The van der Waals surface area contributed by atoms with Gasteiger partial charge in [0, 0.05) is 12.3 Å². The van der Waals surface area contributed by atoms with Crippen LogP contribution in [-0.2, 0) is 15.0 Å². The molecule has 3 nitrogen and oxygen atoms in total. The maximum atomic E-state index is 11.1. The van der Waals surface area contributed by atoms with Gasteiger partial charge in [0.15, 0.2) is 0 Å². The Morgan fingerprint density at radius 3 is 2.19 bits per heavy atom. The fourth-order valence-electron chi connectivity index (χ4n) is 1.70. The second-order valence-electron chi connectivity index (χ2n) is 4.78. The number of carboxylic acid groups (broad SMARTS) is 1. The van der Waals surface area contributed by atoms with Crippen LogP contribution in [0.15, 0.2) is 24.3 Å². The SMILES string of the molecule is CC(C)(C(=O)O)c1ccc(C2CC2=O)cc1. The zero-order valence-electron chi connectivity index (χ0n) is 9.36. The molecular weight excluding hydrogens is 204 g/mol. The van der Waals surface area contributed by atoms with Gasteiger partial charge in [0.1, 0.15) is 5.78 Å². The molecule has 0 aromatic heterocycles. The number of Topliss-reactive ketones (excluding diaryl/α,β-unsaturated/α-hetero) is 1. The number of hydrogen-bond acceptors (Lipinski definition) is 2. The molecule has 0 heterocycles. The lowest BCUT2D eigenvalue weighted by Crippen LogP contribution is -2.28. The minimum atomic E-state index is -0.883. The Hall–Kier alpha value is -1.64. The maximum absolute atomic E-state index is 11.1. The molecule has 3 heteroatoms. The van der Waals surface area contributed by atoms with Gasteiger partial charge in [0.2, 0.25) is 0 Å². The highest BCUT2D eigenvalue weighted by molar-refractivity contribution is 6.01. The first-order chi connectivity index (χ1) is 7.43. The van der Waals surface area contributed by atoms with E-state index in [1.54, 1.807) is 26.0 Å². The highest BCUT2D eigenvalue weighted by atomic mass is 16.4. The van der Waals surface area contributed by atoms with Crippen LogP contribution < -0.4 is 0 Å². The molecule has 0 radical (unpaired) electrons. The quantitative estimate of drug-likeness (QED) is 0.845. The Bertz CT molecular complexity index is 443. The van der Waals surface area contributed by atoms with Gasteiger partial charge in [-0.1, -0.05) is 24.3 Å². The van der Waals surface area contributed by atoms with E-state index in [0.717, 1.165) is 11.1 Å². The van der Waals surface area contributed by atoms with Gasteiger partial charge in [0.05, 0.1) is 5.41 Å². The monoisotopic (exact) mass is 218 g/mol. The Morgan fingerprint density at radius 1 is 1.31 bits per heavy atom. The van der Waals surface area contributed by atoms with E-state index >= 15 is 0 Å². The van der Waals surface area contributed by atoms with Gasteiger partial charge in [-0.05, 0) is 25.0 Å². The van der Waals surface area contributed by atoms with Crippen LogP contribution in [-0.4, -0.2) is 16.9 Å². The lowest BCUT2D eigenvalue weighted by atomic mass is 9.84. The Labute approximate surface area is 94.1 Å². The van der Waals surface area contributed by atoms with Crippen molar-refractivity contribution in [1.29, 1.82) is 0 Å². The average Bonchev–Trinajstić information content (AvgIpc) is 2.95. The van der Waals surface area contributed by atoms with Gasteiger partial charge in [0.25, 0.3) is 0 Å². The molecule has 0 saturated heterocycles. The number of carbonyl (C=O) groups is 2. The van der Waals surface area contributed by atoms with Crippen molar-refractivity contribution in [1.82, 2.24) is 0 Å². The molecule has 1 fully saturated rings. The molecule has 1 aliphatic carbocycles. The summed E-state index contributed by atoms with van der Waals surface area (Å²) >= 11 is 0. The van der Waals surface area contributed by atoms with Crippen LogP contribution in [0.1, 0.15) is 37.3 Å². The van der Waals surface area contributed by atoms with Crippen LogP contribution in [0, 0.1) is 0 Å². The second-order valence-corrected chi connectivity index (χ2v) is 4.78. The van der Waals surface area contributed by atoms with Crippen molar-refractivity contribution in [2.45, 2.75) is 31.6 Å². The first-order valence-electron chi connectivity index (χ1n) is 5.29. The van der Waals surface area contributed by atoms with Crippen LogP contribution in [0.25, 0.3) is 0 Å². The third-order valence-electron chi connectivity index (χ3n) is 3.20. The molecule has 1 atom stereocenters. The molecule has 0 bridgehead atoms. The van der Waals surface area contributed by atoms with E-state index in [0.29, 0.717) is 6.42 Å². The largest absolute Gasteiger partial charge is 0.481 e. The van der Waals surface area contributed by atoms with Gasteiger partial charge in [-0.25, -0.2) is 0 Å². The van der Waals surface area contributed by atoms with E-state index in [9.17, 15) is 9.59 Å². The molecule has 0 spiro atoms. The van der Waals surface area contributed by atoms with Crippen LogP contribution in [0.4, 0.5) is 0 Å². The molecule has 16 heavy (non-hydrogen) atoms. The summed E-state index contributed by atoms with van der Waals surface area (Å²) in [7, 11) is 0. The molecule has 0 aliphatic heterocycles. The molecule has 2 rings (SSSR count). The van der Waals surface area contributed by atoms with Crippen LogP contribution in [0.3, 0.4) is 0 Å². The van der Waals surface area contributed by atoms with Gasteiger partial charge in [-0.2, -0.15) is 0 Å². The Kier molecular flexibility index (Phi) is 2.34. The summed E-state index contributed by atoms with van der Waals surface area (Å²) in [5.41, 5.74) is 0.873. The minimum absolute atomic E-state index is 0.0574. The van der Waals surface area contributed by atoms with Crippen molar-refractivity contribution >= 4 is 11.8 Å². The highest BCUT2D eigenvalue weighted by Crippen LogP contribution is 2.36. The van der Waals surface area contributed by atoms with E-state index < -0.39 is 11.4 Å². The Balaban J connectivity index is 2.25. The Morgan fingerprint density at radius 2 is 1.81 bits per heavy atom. The molecular formula is C13H14O3. The van der Waals surface area contributed by atoms with Crippen molar-refractivity contribution in [2.24, 2.45) is 0 Å². The molecule has 1 aliphatic rings. The van der Waals surface area contributed by atoms with Crippen molar-refractivity contribution in [2.75, 3.05) is 0 Å². The van der Waals surface area contributed by atoms with Crippen molar-refractivity contribution in [3.05, 3.63) is 35.4 Å². The lowest BCUT2D eigenvalue weighted by molar-refractivity contribution is -0.142. The van der Waals surface area contributed by atoms with Crippen LogP contribution in [0.2, 0.25) is 0 Å². The molecule has 84 valence electrons. The summed E-state index contributed by atoms with van der Waals surface area (Å²) in [6.07, 6.45) is 0.627. The zero-order valence-corrected chi connectivity index (χ0v) is 9.36. The first-order valence-corrected chi connectivity index (χ1v) is 5.29. The maximum Gasteiger partial charge on any atom is 0.313 e. The van der Waals surface area contributed by atoms with E-state index in [1.165, 1.54) is 0 Å². The van der Waals surface area contributed by atoms with Crippen LogP contribution in [0.5, 0.6) is 0 Å². The van der Waals surface area contributed by atoms with Gasteiger partial charge in [-0.3, -0.25) is 9.59 Å². The zero-order chi connectivity index (χ0) is 11.9. The van der Waals surface area contributed by atoms with Crippen molar-refractivity contribution in [3.8, 4) is 0 Å². The number of aliphatic carboxylic acids is 1. The topological polar surface area (TPSA) is 54.4 Å². The average molecular weight is 218 g/mol. The highest BCUT2D eigenvalue weighted by Gasteiger charge is 2.36.